The first-order valence-electron chi connectivity index (χ1n) is 6.83. The van der Waals surface area contributed by atoms with Gasteiger partial charge in [0.05, 0.1) is 6.10 Å². The fourth-order valence-corrected chi connectivity index (χ4v) is 2.42. The summed E-state index contributed by atoms with van der Waals surface area (Å²) in [5, 5.41) is 3.49. The average molecular weight is 334 g/mol. The van der Waals surface area contributed by atoms with Gasteiger partial charge in [-0.15, -0.1) is 0 Å². The summed E-state index contributed by atoms with van der Waals surface area (Å²) in [6.45, 7) is 6.22. The fraction of sp³-hybridized carbons (Fsp3) is 0.294. The largest absolute Gasteiger partial charge is 0.491 e. The zero-order valence-corrected chi connectivity index (χ0v) is 13.6. The molecule has 0 radical (unpaired) electrons. The summed E-state index contributed by atoms with van der Waals surface area (Å²) in [5.41, 5.74) is 2.34. The third-order valence-electron chi connectivity index (χ3n) is 2.96. The van der Waals surface area contributed by atoms with Crippen LogP contribution in [0, 0.1) is 0 Å². The monoisotopic (exact) mass is 333 g/mol. The van der Waals surface area contributed by atoms with Crippen molar-refractivity contribution < 1.29 is 4.74 Å². The van der Waals surface area contributed by atoms with Gasteiger partial charge in [-0.2, -0.15) is 0 Å². The van der Waals surface area contributed by atoms with Gasteiger partial charge in [0.1, 0.15) is 5.75 Å². The molecule has 1 atom stereocenters. The van der Waals surface area contributed by atoms with Crippen LogP contribution in [0.15, 0.2) is 53.0 Å². The maximum absolute atomic E-state index is 5.66. The number of rotatable bonds is 5. The zero-order valence-electron chi connectivity index (χ0n) is 12.1. The Bertz CT molecular complexity index is 551. The van der Waals surface area contributed by atoms with Crippen molar-refractivity contribution in [3.63, 3.8) is 0 Å². The average Bonchev–Trinajstić information content (AvgIpc) is 2.38. The molecule has 0 spiro atoms. The van der Waals surface area contributed by atoms with Crippen LogP contribution in [0.4, 0.5) is 5.69 Å². The van der Waals surface area contributed by atoms with E-state index in [-0.39, 0.29) is 12.1 Å². The topological polar surface area (TPSA) is 21.3 Å². The molecular weight excluding hydrogens is 314 g/mol. The third kappa shape index (κ3) is 4.27. The molecule has 3 heteroatoms. The summed E-state index contributed by atoms with van der Waals surface area (Å²) in [7, 11) is 0. The molecule has 1 N–H and O–H groups in total. The van der Waals surface area contributed by atoms with Crippen LogP contribution < -0.4 is 10.1 Å². The molecule has 106 valence electrons. The zero-order chi connectivity index (χ0) is 14.5. The van der Waals surface area contributed by atoms with E-state index in [0.29, 0.717) is 0 Å². The molecule has 0 bridgehead atoms. The second kappa shape index (κ2) is 6.80. The number of benzene rings is 2. The van der Waals surface area contributed by atoms with Gasteiger partial charge in [-0.25, -0.2) is 0 Å². The van der Waals surface area contributed by atoms with Crippen molar-refractivity contribution in [1.82, 2.24) is 0 Å². The first-order chi connectivity index (χ1) is 9.54. The maximum Gasteiger partial charge on any atom is 0.119 e. The summed E-state index contributed by atoms with van der Waals surface area (Å²) in [4.78, 5) is 0. The van der Waals surface area contributed by atoms with Gasteiger partial charge in [0, 0.05) is 16.2 Å². The smallest absolute Gasteiger partial charge is 0.119 e. The second-order valence-corrected chi connectivity index (χ2v) is 6.03. The Morgan fingerprint density at radius 3 is 2.30 bits per heavy atom. The summed E-state index contributed by atoms with van der Waals surface area (Å²) in [5.74, 6) is 0.915. The van der Waals surface area contributed by atoms with Crippen LogP contribution in [0.1, 0.15) is 32.4 Å². The normalized spacial score (nSPS) is 12.2. The van der Waals surface area contributed by atoms with Gasteiger partial charge in [-0.1, -0.05) is 34.1 Å². The Morgan fingerprint density at radius 2 is 1.70 bits per heavy atom. The number of anilines is 1. The highest BCUT2D eigenvalue weighted by Gasteiger charge is 2.06. The standard InChI is InChI=1S/C17H20BrNO/c1-12(2)20-17-9-7-14(8-10-17)13(3)19-16-6-4-5-15(18)11-16/h4-13,19H,1-3H3. The summed E-state index contributed by atoms with van der Waals surface area (Å²) < 4.78 is 6.74. The minimum absolute atomic E-state index is 0.207. The molecule has 2 nitrogen and oxygen atoms in total. The highest BCUT2D eigenvalue weighted by molar-refractivity contribution is 9.10. The number of hydrogen-bond acceptors (Lipinski definition) is 2. The lowest BCUT2D eigenvalue weighted by Gasteiger charge is -2.17. The van der Waals surface area contributed by atoms with Gasteiger partial charge in [0.15, 0.2) is 0 Å². The van der Waals surface area contributed by atoms with E-state index in [1.807, 2.05) is 38.1 Å². The molecule has 2 rings (SSSR count). The molecule has 0 fully saturated rings. The van der Waals surface area contributed by atoms with Crippen molar-refractivity contribution in [2.45, 2.75) is 32.9 Å². The van der Waals surface area contributed by atoms with Gasteiger partial charge < -0.3 is 10.1 Å². The number of halogens is 1. The lowest BCUT2D eigenvalue weighted by molar-refractivity contribution is 0.242. The first kappa shape index (κ1) is 14.9. The van der Waals surface area contributed by atoms with Crippen molar-refractivity contribution in [3.8, 4) is 5.75 Å². The van der Waals surface area contributed by atoms with E-state index in [1.165, 1.54) is 5.56 Å². The summed E-state index contributed by atoms with van der Waals surface area (Å²) >= 11 is 3.48. The Balaban J connectivity index is 2.03. The molecule has 0 aliphatic carbocycles. The highest BCUT2D eigenvalue weighted by atomic mass is 79.9. The minimum atomic E-state index is 0.207. The van der Waals surface area contributed by atoms with E-state index in [0.717, 1.165) is 15.9 Å². The fourth-order valence-electron chi connectivity index (χ4n) is 2.02. The van der Waals surface area contributed by atoms with E-state index < -0.39 is 0 Å². The SMILES string of the molecule is CC(C)Oc1ccc(C(C)Nc2cccc(Br)c2)cc1. The van der Waals surface area contributed by atoms with Crippen LogP contribution in [0.3, 0.4) is 0 Å². The van der Waals surface area contributed by atoms with Gasteiger partial charge in [0.2, 0.25) is 0 Å². The van der Waals surface area contributed by atoms with Crippen molar-refractivity contribution in [2.24, 2.45) is 0 Å². The first-order valence-corrected chi connectivity index (χ1v) is 7.62. The minimum Gasteiger partial charge on any atom is -0.491 e. The van der Waals surface area contributed by atoms with Crippen molar-refractivity contribution in [2.75, 3.05) is 5.32 Å². The van der Waals surface area contributed by atoms with Crippen LogP contribution >= 0.6 is 15.9 Å². The third-order valence-corrected chi connectivity index (χ3v) is 3.45. The van der Waals surface area contributed by atoms with Crippen molar-refractivity contribution in [1.29, 1.82) is 0 Å². The molecule has 1 unspecified atom stereocenters. The van der Waals surface area contributed by atoms with E-state index in [2.05, 4.69) is 52.4 Å². The van der Waals surface area contributed by atoms with Crippen LogP contribution in [0.2, 0.25) is 0 Å². The van der Waals surface area contributed by atoms with Crippen molar-refractivity contribution >= 4 is 21.6 Å². The van der Waals surface area contributed by atoms with Gasteiger partial charge >= 0.3 is 0 Å². The van der Waals surface area contributed by atoms with E-state index in [1.54, 1.807) is 0 Å². The molecule has 0 aliphatic heterocycles. The van der Waals surface area contributed by atoms with E-state index in [9.17, 15) is 0 Å². The molecule has 0 aliphatic rings. The van der Waals surface area contributed by atoms with Crippen LogP contribution in [0.25, 0.3) is 0 Å². The van der Waals surface area contributed by atoms with E-state index >= 15 is 0 Å². The van der Waals surface area contributed by atoms with Gasteiger partial charge in [0.25, 0.3) is 0 Å². The molecular formula is C17H20BrNO. The lowest BCUT2D eigenvalue weighted by Crippen LogP contribution is -2.08. The lowest BCUT2D eigenvalue weighted by atomic mass is 10.1. The Kier molecular flexibility index (Phi) is 5.07. The highest BCUT2D eigenvalue weighted by Crippen LogP contribution is 2.23. The predicted molar refractivity (Wildman–Crippen MR) is 88.4 cm³/mol. The Labute approximate surface area is 129 Å². The Morgan fingerprint density at radius 1 is 1.00 bits per heavy atom. The molecule has 0 aromatic heterocycles. The van der Waals surface area contributed by atoms with Gasteiger partial charge in [-0.3, -0.25) is 0 Å². The molecule has 0 heterocycles. The number of hydrogen-bond donors (Lipinski definition) is 1. The molecule has 0 saturated carbocycles. The number of nitrogens with one attached hydrogen (secondary N) is 1. The van der Waals surface area contributed by atoms with Crippen molar-refractivity contribution in [3.05, 3.63) is 58.6 Å². The molecule has 0 saturated heterocycles. The summed E-state index contributed by atoms with van der Waals surface area (Å²) in [6, 6.07) is 16.7. The Hall–Kier alpha value is -1.48. The summed E-state index contributed by atoms with van der Waals surface area (Å²) in [6.07, 6.45) is 0.207. The van der Waals surface area contributed by atoms with Crippen LogP contribution in [-0.2, 0) is 0 Å². The second-order valence-electron chi connectivity index (χ2n) is 5.11. The van der Waals surface area contributed by atoms with Crippen LogP contribution in [0.5, 0.6) is 5.75 Å². The maximum atomic E-state index is 5.66. The van der Waals surface area contributed by atoms with Gasteiger partial charge in [-0.05, 0) is 56.7 Å². The number of ether oxygens (including phenoxy) is 1. The van der Waals surface area contributed by atoms with E-state index in [4.69, 9.17) is 4.74 Å². The predicted octanol–water partition coefficient (Wildman–Crippen LogP) is 5.41. The molecule has 0 amide bonds. The molecule has 2 aromatic carbocycles. The van der Waals surface area contributed by atoms with Crippen LogP contribution in [-0.4, -0.2) is 6.10 Å². The molecule has 20 heavy (non-hydrogen) atoms. The molecule has 2 aromatic rings. The quantitative estimate of drug-likeness (QED) is 0.789.